The standard InChI is InChI=1S/C13H17NO4/c1-14-12(7-15)13(17,8-16)10-3-2-9-4-5-18-11(9)6-10/h2-6,12,14-17H,7-8H2,1H3/t12-,13+/m0/s1. The molecular formula is C13H17NO4. The Morgan fingerprint density at radius 3 is 2.72 bits per heavy atom. The minimum atomic E-state index is -1.55. The maximum atomic E-state index is 10.5. The van der Waals surface area contributed by atoms with Gasteiger partial charge in [-0.15, -0.1) is 0 Å². The van der Waals surface area contributed by atoms with E-state index >= 15 is 0 Å². The van der Waals surface area contributed by atoms with Crippen LogP contribution in [0.4, 0.5) is 0 Å². The lowest BCUT2D eigenvalue weighted by Gasteiger charge is -2.33. The molecule has 0 radical (unpaired) electrons. The molecule has 1 heterocycles. The number of rotatable bonds is 5. The van der Waals surface area contributed by atoms with Crippen molar-refractivity contribution in [3.63, 3.8) is 0 Å². The highest BCUT2D eigenvalue weighted by atomic mass is 16.3. The van der Waals surface area contributed by atoms with Crippen LogP contribution in [0.2, 0.25) is 0 Å². The molecule has 0 bridgehead atoms. The first kappa shape index (κ1) is 13.0. The van der Waals surface area contributed by atoms with Crippen LogP contribution in [0, 0.1) is 0 Å². The summed E-state index contributed by atoms with van der Waals surface area (Å²) < 4.78 is 5.27. The Labute approximate surface area is 105 Å². The highest BCUT2D eigenvalue weighted by Crippen LogP contribution is 2.28. The average molecular weight is 251 g/mol. The molecule has 0 unspecified atom stereocenters. The van der Waals surface area contributed by atoms with Crippen molar-refractivity contribution >= 4 is 11.0 Å². The molecular weight excluding hydrogens is 234 g/mol. The zero-order chi connectivity index (χ0) is 13.2. The van der Waals surface area contributed by atoms with Crippen LogP contribution < -0.4 is 5.32 Å². The molecule has 0 saturated heterocycles. The van der Waals surface area contributed by atoms with Crippen molar-refractivity contribution in [2.24, 2.45) is 0 Å². The number of hydrogen-bond acceptors (Lipinski definition) is 5. The zero-order valence-electron chi connectivity index (χ0n) is 10.1. The van der Waals surface area contributed by atoms with Crippen LogP contribution in [0.1, 0.15) is 5.56 Å². The molecule has 0 aliphatic carbocycles. The van der Waals surface area contributed by atoms with E-state index in [0.717, 1.165) is 5.39 Å². The fourth-order valence-electron chi connectivity index (χ4n) is 2.11. The molecule has 2 aromatic rings. The topological polar surface area (TPSA) is 85.9 Å². The molecule has 0 amide bonds. The molecule has 0 saturated carbocycles. The largest absolute Gasteiger partial charge is 0.464 e. The minimum Gasteiger partial charge on any atom is -0.464 e. The normalized spacial score (nSPS) is 16.7. The van der Waals surface area contributed by atoms with Gasteiger partial charge in [0.2, 0.25) is 0 Å². The molecule has 18 heavy (non-hydrogen) atoms. The first-order chi connectivity index (χ1) is 8.65. The first-order valence-electron chi connectivity index (χ1n) is 5.75. The Morgan fingerprint density at radius 1 is 1.33 bits per heavy atom. The number of benzene rings is 1. The van der Waals surface area contributed by atoms with E-state index in [9.17, 15) is 15.3 Å². The number of fused-ring (bicyclic) bond motifs is 1. The van der Waals surface area contributed by atoms with Crippen LogP contribution in [0.15, 0.2) is 34.9 Å². The van der Waals surface area contributed by atoms with Gasteiger partial charge in [-0.05, 0) is 24.7 Å². The number of aliphatic hydroxyl groups is 3. The lowest BCUT2D eigenvalue weighted by Crippen LogP contribution is -2.52. The van der Waals surface area contributed by atoms with E-state index in [4.69, 9.17) is 4.42 Å². The Kier molecular flexibility index (Phi) is 3.68. The van der Waals surface area contributed by atoms with Gasteiger partial charge in [0.25, 0.3) is 0 Å². The fourth-order valence-corrected chi connectivity index (χ4v) is 2.11. The summed E-state index contributed by atoms with van der Waals surface area (Å²) in [4.78, 5) is 0. The Bertz CT molecular complexity index is 520. The molecule has 0 fully saturated rings. The summed E-state index contributed by atoms with van der Waals surface area (Å²) in [5.41, 5.74) is -0.419. The van der Waals surface area contributed by atoms with Crippen LogP contribution in [-0.2, 0) is 5.60 Å². The molecule has 0 aliphatic rings. The van der Waals surface area contributed by atoms with Crippen molar-refractivity contribution < 1.29 is 19.7 Å². The second-order valence-electron chi connectivity index (χ2n) is 4.28. The Balaban J connectivity index is 2.47. The number of likely N-dealkylation sites (N-methyl/N-ethyl adjacent to an activating group) is 1. The maximum absolute atomic E-state index is 10.5. The highest BCUT2D eigenvalue weighted by molar-refractivity contribution is 5.77. The SMILES string of the molecule is CN[C@@H](CO)[C@@](O)(CO)c1ccc2ccoc2c1. The van der Waals surface area contributed by atoms with E-state index in [1.165, 1.54) is 0 Å². The van der Waals surface area contributed by atoms with Gasteiger partial charge in [0.15, 0.2) is 0 Å². The van der Waals surface area contributed by atoms with Gasteiger partial charge in [0, 0.05) is 5.39 Å². The fraction of sp³-hybridized carbons (Fsp3) is 0.385. The Hall–Kier alpha value is -1.40. The number of furan rings is 1. The van der Waals surface area contributed by atoms with E-state index < -0.39 is 18.2 Å². The Morgan fingerprint density at radius 2 is 2.11 bits per heavy atom. The summed E-state index contributed by atoms with van der Waals surface area (Å²) in [6, 6.07) is 6.35. The second-order valence-corrected chi connectivity index (χ2v) is 4.28. The van der Waals surface area contributed by atoms with Crippen LogP contribution in [-0.4, -0.2) is 41.6 Å². The van der Waals surface area contributed by atoms with Crippen LogP contribution >= 0.6 is 0 Å². The molecule has 1 aromatic carbocycles. The smallest absolute Gasteiger partial charge is 0.134 e. The van der Waals surface area contributed by atoms with Crippen molar-refractivity contribution in [2.75, 3.05) is 20.3 Å². The van der Waals surface area contributed by atoms with Gasteiger partial charge in [0.05, 0.1) is 25.5 Å². The minimum absolute atomic E-state index is 0.288. The predicted octanol–water partition coefficient (Wildman–Crippen LogP) is 0.193. The number of aliphatic hydroxyl groups excluding tert-OH is 2. The van der Waals surface area contributed by atoms with Gasteiger partial charge in [0.1, 0.15) is 11.2 Å². The lowest BCUT2D eigenvalue weighted by atomic mass is 9.87. The molecule has 4 N–H and O–H groups in total. The van der Waals surface area contributed by atoms with Gasteiger partial charge in [-0.25, -0.2) is 0 Å². The van der Waals surface area contributed by atoms with Gasteiger partial charge < -0.3 is 25.1 Å². The third-order valence-corrected chi connectivity index (χ3v) is 3.30. The molecule has 2 atom stereocenters. The van der Waals surface area contributed by atoms with Crippen LogP contribution in [0.5, 0.6) is 0 Å². The second kappa shape index (κ2) is 5.07. The summed E-state index contributed by atoms with van der Waals surface area (Å²) in [7, 11) is 1.62. The molecule has 2 rings (SSSR count). The van der Waals surface area contributed by atoms with Gasteiger partial charge in [-0.2, -0.15) is 0 Å². The number of nitrogens with one attached hydrogen (secondary N) is 1. The third-order valence-electron chi connectivity index (χ3n) is 3.30. The summed E-state index contributed by atoms with van der Waals surface area (Å²) in [6.07, 6.45) is 1.56. The average Bonchev–Trinajstić information content (AvgIpc) is 2.86. The van der Waals surface area contributed by atoms with Crippen LogP contribution in [0.3, 0.4) is 0 Å². The molecule has 98 valence electrons. The van der Waals surface area contributed by atoms with Crippen LogP contribution in [0.25, 0.3) is 11.0 Å². The van der Waals surface area contributed by atoms with Gasteiger partial charge in [-0.3, -0.25) is 0 Å². The van der Waals surface area contributed by atoms with Crippen molar-refractivity contribution in [1.29, 1.82) is 0 Å². The van der Waals surface area contributed by atoms with E-state index in [0.29, 0.717) is 11.1 Å². The summed E-state index contributed by atoms with van der Waals surface area (Å²) >= 11 is 0. The quantitative estimate of drug-likeness (QED) is 0.609. The summed E-state index contributed by atoms with van der Waals surface area (Å²) in [5.74, 6) is 0. The predicted molar refractivity (Wildman–Crippen MR) is 67.1 cm³/mol. The zero-order valence-corrected chi connectivity index (χ0v) is 10.1. The third kappa shape index (κ3) is 2.02. The molecule has 1 aromatic heterocycles. The maximum Gasteiger partial charge on any atom is 0.134 e. The monoisotopic (exact) mass is 251 g/mol. The molecule has 5 heteroatoms. The van der Waals surface area contributed by atoms with Crippen molar-refractivity contribution in [1.82, 2.24) is 5.32 Å². The summed E-state index contributed by atoms with van der Waals surface area (Å²) in [5, 5.41) is 33.0. The van der Waals surface area contributed by atoms with E-state index in [1.54, 1.807) is 31.5 Å². The van der Waals surface area contributed by atoms with Gasteiger partial charge >= 0.3 is 0 Å². The molecule has 0 spiro atoms. The molecule has 0 aliphatic heterocycles. The number of hydrogen-bond donors (Lipinski definition) is 4. The van der Waals surface area contributed by atoms with E-state index in [2.05, 4.69) is 5.32 Å². The first-order valence-corrected chi connectivity index (χ1v) is 5.75. The van der Waals surface area contributed by atoms with Crippen molar-refractivity contribution in [2.45, 2.75) is 11.6 Å². The van der Waals surface area contributed by atoms with Gasteiger partial charge in [-0.1, -0.05) is 12.1 Å². The lowest BCUT2D eigenvalue weighted by molar-refractivity contribution is -0.0612. The summed E-state index contributed by atoms with van der Waals surface area (Å²) in [6.45, 7) is -0.783. The van der Waals surface area contributed by atoms with Crippen molar-refractivity contribution in [3.8, 4) is 0 Å². The highest BCUT2D eigenvalue weighted by Gasteiger charge is 2.37. The van der Waals surface area contributed by atoms with Crippen molar-refractivity contribution in [3.05, 3.63) is 36.1 Å². The van der Waals surface area contributed by atoms with E-state index in [1.807, 2.05) is 6.07 Å². The molecule has 5 nitrogen and oxygen atoms in total. The van der Waals surface area contributed by atoms with E-state index in [-0.39, 0.29) is 6.61 Å².